The summed E-state index contributed by atoms with van der Waals surface area (Å²) in [6.45, 7) is 3.52. The van der Waals surface area contributed by atoms with Crippen LogP contribution in [0.4, 0.5) is 5.69 Å². The molecule has 2 aromatic rings. The van der Waals surface area contributed by atoms with Gasteiger partial charge in [0, 0.05) is 24.9 Å². The van der Waals surface area contributed by atoms with E-state index in [0.717, 1.165) is 0 Å². The molecule has 1 aliphatic rings. The Morgan fingerprint density at radius 2 is 2.04 bits per heavy atom. The van der Waals surface area contributed by atoms with Crippen molar-refractivity contribution in [3.8, 4) is 11.5 Å². The molecule has 0 bridgehead atoms. The summed E-state index contributed by atoms with van der Waals surface area (Å²) in [5.41, 5.74) is 0.857. The smallest absolute Gasteiger partial charge is 0.244 e. The lowest BCUT2D eigenvalue weighted by Crippen LogP contribution is -2.40. The van der Waals surface area contributed by atoms with Gasteiger partial charge >= 0.3 is 0 Å². The van der Waals surface area contributed by atoms with Crippen molar-refractivity contribution in [3.05, 3.63) is 47.0 Å². The van der Waals surface area contributed by atoms with Crippen molar-refractivity contribution in [2.75, 3.05) is 32.9 Å². The lowest BCUT2D eigenvalue weighted by molar-refractivity contribution is 0.0730. The van der Waals surface area contributed by atoms with Gasteiger partial charge in [0.05, 0.1) is 30.5 Å². The number of rotatable bonds is 6. The van der Waals surface area contributed by atoms with Gasteiger partial charge in [-0.2, -0.15) is 4.31 Å². The molecule has 0 atom stereocenters. The van der Waals surface area contributed by atoms with E-state index >= 15 is 0 Å². The Bertz CT molecular complexity index is 972. The summed E-state index contributed by atoms with van der Waals surface area (Å²) in [7, 11) is -3.74. The molecule has 0 saturated carbocycles. The second-order valence-corrected chi connectivity index (χ2v) is 8.33. The summed E-state index contributed by atoms with van der Waals surface area (Å²) < 4.78 is 37.7. The van der Waals surface area contributed by atoms with E-state index in [1.54, 1.807) is 24.3 Å². The quantitative estimate of drug-likeness (QED) is 0.719. The molecule has 1 aliphatic heterocycles. The van der Waals surface area contributed by atoms with Gasteiger partial charge in [-0.3, -0.25) is 4.99 Å². The first kappa shape index (κ1) is 20.6. The van der Waals surface area contributed by atoms with Gasteiger partial charge in [0.25, 0.3) is 0 Å². The van der Waals surface area contributed by atoms with Crippen molar-refractivity contribution in [1.29, 1.82) is 0 Å². The maximum Gasteiger partial charge on any atom is 0.244 e. The van der Waals surface area contributed by atoms with Crippen molar-refractivity contribution in [2.24, 2.45) is 4.99 Å². The molecule has 0 unspecified atom stereocenters. The fraction of sp³-hybridized carbons (Fsp3) is 0.316. The van der Waals surface area contributed by atoms with E-state index in [9.17, 15) is 13.5 Å². The lowest BCUT2D eigenvalue weighted by atomic mass is 10.2. The number of halogens is 1. The zero-order chi connectivity index (χ0) is 20.1. The Kier molecular flexibility index (Phi) is 6.56. The zero-order valence-corrected chi connectivity index (χ0v) is 16.9. The van der Waals surface area contributed by atoms with Crippen LogP contribution >= 0.6 is 11.6 Å². The molecule has 0 radical (unpaired) electrons. The van der Waals surface area contributed by atoms with Crippen molar-refractivity contribution in [2.45, 2.75) is 11.8 Å². The number of aromatic hydroxyl groups is 1. The summed E-state index contributed by atoms with van der Waals surface area (Å²) >= 11 is 6.15. The molecular formula is C19H21ClN2O5S. The van der Waals surface area contributed by atoms with Crippen LogP contribution < -0.4 is 4.74 Å². The maximum absolute atomic E-state index is 12.9. The van der Waals surface area contributed by atoms with Crippen LogP contribution in [-0.2, 0) is 14.8 Å². The second kappa shape index (κ2) is 8.91. The van der Waals surface area contributed by atoms with E-state index in [2.05, 4.69) is 4.99 Å². The largest absolute Gasteiger partial charge is 0.504 e. The molecule has 7 nitrogen and oxygen atoms in total. The predicted molar refractivity (Wildman–Crippen MR) is 108 cm³/mol. The fourth-order valence-electron chi connectivity index (χ4n) is 2.76. The molecule has 0 spiro atoms. The van der Waals surface area contributed by atoms with Gasteiger partial charge < -0.3 is 14.6 Å². The highest BCUT2D eigenvalue weighted by Crippen LogP contribution is 2.31. The number of sulfonamides is 1. The summed E-state index contributed by atoms with van der Waals surface area (Å²) in [4.78, 5) is 4.29. The number of para-hydroxylation sites is 1. The Morgan fingerprint density at radius 1 is 1.29 bits per heavy atom. The molecule has 9 heteroatoms. The third-order valence-corrected chi connectivity index (χ3v) is 6.57. The monoisotopic (exact) mass is 424 g/mol. The van der Waals surface area contributed by atoms with E-state index in [-0.39, 0.29) is 28.8 Å². The van der Waals surface area contributed by atoms with Gasteiger partial charge in [-0.1, -0.05) is 17.7 Å². The van der Waals surface area contributed by atoms with Crippen LogP contribution in [0.15, 0.2) is 46.3 Å². The van der Waals surface area contributed by atoms with Crippen LogP contribution in [0.25, 0.3) is 0 Å². The molecule has 1 saturated heterocycles. The minimum absolute atomic E-state index is 0.00185. The van der Waals surface area contributed by atoms with Gasteiger partial charge in [0.1, 0.15) is 4.90 Å². The number of phenols is 1. The first-order valence-corrected chi connectivity index (χ1v) is 10.6. The molecule has 28 heavy (non-hydrogen) atoms. The lowest BCUT2D eigenvalue weighted by Gasteiger charge is -2.26. The molecule has 0 aromatic heterocycles. The highest BCUT2D eigenvalue weighted by molar-refractivity contribution is 7.89. The number of phenolic OH excluding ortho intramolecular Hbond substituents is 1. The van der Waals surface area contributed by atoms with Gasteiger partial charge in [-0.25, -0.2) is 8.42 Å². The minimum Gasteiger partial charge on any atom is -0.504 e. The van der Waals surface area contributed by atoms with Crippen LogP contribution in [0, 0.1) is 0 Å². The molecule has 3 rings (SSSR count). The maximum atomic E-state index is 12.9. The first-order valence-electron chi connectivity index (χ1n) is 8.79. The van der Waals surface area contributed by atoms with Crippen molar-refractivity contribution in [1.82, 2.24) is 4.31 Å². The highest BCUT2D eigenvalue weighted by Gasteiger charge is 2.28. The van der Waals surface area contributed by atoms with E-state index in [0.29, 0.717) is 36.8 Å². The Labute approximate surface area is 169 Å². The topological polar surface area (TPSA) is 88.4 Å². The summed E-state index contributed by atoms with van der Waals surface area (Å²) in [5.74, 6) is 0.335. The molecule has 1 fully saturated rings. The minimum atomic E-state index is -3.74. The first-order chi connectivity index (χ1) is 13.4. The Balaban J connectivity index is 1.90. The second-order valence-electron chi connectivity index (χ2n) is 6.02. The zero-order valence-electron chi connectivity index (χ0n) is 15.3. The Morgan fingerprint density at radius 3 is 2.75 bits per heavy atom. The van der Waals surface area contributed by atoms with E-state index in [1.165, 1.54) is 22.7 Å². The normalized spacial score (nSPS) is 15.8. The van der Waals surface area contributed by atoms with Crippen molar-refractivity contribution < 1.29 is 23.0 Å². The Hall–Kier alpha value is -2.13. The number of aliphatic imine (C=N–C) groups is 1. The molecular weight excluding hydrogens is 404 g/mol. The third-order valence-electron chi connectivity index (χ3n) is 4.19. The van der Waals surface area contributed by atoms with Gasteiger partial charge in [0.15, 0.2) is 11.5 Å². The average Bonchev–Trinajstić information content (AvgIpc) is 2.70. The number of benzene rings is 2. The van der Waals surface area contributed by atoms with E-state index < -0.39 is 10.0 Å². The highest BCUT2D eigenvalue weighted by atomic mass is 35.5. The summed E-state index contributed by atoms with van der Waals surface area (Å²) in [5, 5.41) is 10.4. The standard InChI is InChI=1S/C19H21ClN2O5S/c1-2-27-17-5-3-4-14(19(17)23)13-21-15-6-7-16(20)18(12-15)28(24,25)22-8-10-26-11-9-22/h3-7,12-13,23H,2,8-11H2,1H3. The molecule has 0 aliphatic carbocycles. The predicted octanol–water partition coefficient (Wildman–Crippen LogP) is 3.22. The molecule has 1 heterocycles. The van der Waals surface area contributed by atoms with Crippen LogP contribution in [0.1, 0.15) is 12.5 Å². The molecule has 150 valence electrons. The number of hydrogen-bond acceptors (Lipinski definition) is 6. The summed E-state index contributed by atoms with van der Waals surface area (Å²) in [6, 6.07) is 9.61. The van der Waals surface area contributed by atoms with E-state index in [4.69, 9.17) is 21.1 Å². The SMILES string of the molecule is CCOc1cccc(C=Nc2ccc(Cl)c(S(=O)(=O)N3CCOCC3)c2)c1O. The van der Waals surface area contributed by atoms with Gasteiger partial charge in [-0.15, -0.1) is 0 Å². The van der Waals surface area contributed by atoms with Gasteiger partial charge in [0.2, 0.25) is 10.0 Å². The number of hydrogen-bond donors (Lipinski definition) is 1. The van der Waals surface area contributed by atoms with Crippen molar-refractivity contribution in [3.63, 3.8) is 0 Å². The number of nitrogens with zero attached hydrogens (tertiary/aromatic N) is 2. The van der Waals surface area contributed by atoms with Gasteiger partial charge in [-0.05, 0) is 37.3 Å². The fourth-order valence-corrected chi connectivity index (χ4v) is 4.66. The van der Waals surface area contributed by atoms with Crippen LogP contribution in [0.2, 0.25) is 5.02 Å². The third kappa shape index (κ3) is 4.47. The van der Waals surface area contributed by atoms with Crippen LogP contribution in [0.3, 0.4) is 0 Å². The van der Waals surface area contributed by atoms with E-state index in [1.807, 2.05) is 6.92 Å². The van der Waals surface area contributed by atoms with Crippen LogP contribution in [0.5, 0.6) is 11.5 Å². The summed E-state index contributed by atoms with van der Waals surface area (Å²) in [6.07, 6.45) is 1.45. The number of morpholine rings is 1. The van der Waals surface area contributed by atoms with Crippen molar-refractivity contribution >= 4 is 33.5 Å². The molecule has 0 amide bonds. The molecule has 2 aromatic carbocycles. The molecule has 1 N–H and O–H groups in total. The number of ether oxygens (including phenoxy) is 2. The average molecular weight is 425 g/mol. The van der Waals surface area contributed by atoms with Crippen LogP contribution in [-0.4, -0.2) is 57.0 Å².